The molecule has 8 nitrogen and oxygen atoms in total. The van der Waals surface area contributed by atoms with E-state index in [1.807, 2.05) is 33.3 Å². The lowest BCUT2D eigenvalue weighted by atomic mass is 9.99. The number of benzene rings is 4. The highest BCUT2D eigenvalue weighted by Crippen LogP contribution is 2.30. The molecule has 0 fully saturated rings. The van der Waals surface area contributed by atoms with Gasteiger partial charge in [-0.1, -0.05) is 42.2 Å². The smallest absolute Gasteiger partial charge is 0.150 e. The lowest BCUT2D eigenvalue weighted by molar-refractivity contribution is 0.942. The van der Waals surface area contributed by atoms with Crippen LogP contribution in [0.15, 0.2) is 97.3 Å². The van der Waals surface area contributed by atoms with Gasteiger partial charge < -0.3 is 21.3 Å². The minimum absolute atomic E-state index is 0.447. The average Bonchev–Trinajstić information content (AvgIpc) is 3.16. The number of aromatic nitrogens is 4. The molecule has 0 radical (unpaired) electrons. The molecule has 4 N–H and O–H groups in total. The molecule has 0 aliphatic rings. The third kappa shape index (κ3) is 7.89. The molecule has 8 rings (SSSR count). The van der Waals surface area contributed by atoms with Gasteiger partial charge in [0.2, 0.25) is 0 Å². The van der Waals surface area contributed by atoms with Crippen LogP contribution in [0, 0.1) is 39.5 Å². The molecule has 280 valence electrons. The normalized spacial score (nSPS) is 11.0. The summed E-state index contributed by atoms with van der Waals surface area (Å²) < 4.78 is 0. The van der Waals surface area contributed by atoms with Crippen LogP contribution in [0.3, 0.4) is 0 Å². The molecule has 0 aliphatic carbocycles. The summed E-state index contributed by atoms with van der Waals surface area (Å²) in [5.74, 6) is 7.47. The topological polar surface area (TPSA) is 110 Å². The SMILES string of the molecule is Cc1ccc2c(c1)nc(N)c1ncc(C#Cc3ccc(N(C)C)cc3C)cc12.Cc1ccc2c(c1)nc(N)c1ncc(CCc3ccc(N(C)C)cc3C)cc12. The van der Waals surface area contributed by atoms with Crippen LogP contribution in [-0.4, -0.2) is 48.1 Å². The molecule has 0 amide bonds. The van der Waals surface area contributed by atoms with Gasteiger partial charge in [-0.2, -0.15) is 0 Å². The molecule has 0 atom stereocenters. The first-order valence-electron chi connectivity index (χ1n) is 18.8. The monoisotopic (exact) mass is 736 g/mol. The lowest BCUT2D eigenvalue weighted by Gasteiger charge is -2.15. The predicted molar refractivity (Wildman–Crippen MR) is 237 cm³/mol. The third-order valence-electron chi connectivity index (χ3n) is 10.3. The van der Waals surface area contributed by atoms with Crippen LogP contribution < -0.4 is 21.3 Å². The molecule has 8 heteroatoms. The third-order valence-corrected chi connectivity index (χ3v) is 10.3. The van der Waals surface area contributed by atoms with Crippen LogP contribution in [-0.2, 0) is 12.8 Å². The second kappa shape index (κ2) is 15.6. The molecule has 0 saturated heterocycles. The van der Waals surface area contributed by atoms with E-state index in [0.717, 1.165) is 73.2 Å². The fraction of sp³-hybridized carbons (Fsp3) is 0.208. The van der Waals surface area contributed by atoms with E-state index in [0.29, 0.717) is 17.2 Å². The predicted octanol–water partition coefficient (Wildman–Crippen LogP) is 9.28. The van der Waals surface area contributed by atoms with E-state index in [-0.39, 0.29) is 0 Å². The highest BCUT2D eigenvalue weighted by molar-refractivity contribution is 6.09. The van der Waals surface area contributed by atoms with Crippen LogP contribution in [0.25, 0.3) is 43.6 Å². The van der Waals surface area contributed by atoms with Gasteiger partial charge >= 0.3 is 0 Å². The Balaban J connectivity index is 0.000000172. The Bertz CT molecular complexity index is 2850. The molecule has 0 aliphatic heterocycles. The van der Waals surface area contributed by atoms with Gasteiger partial charge in [0.25, 0.3) is 0 Å². The molecule has 4 aromatic carbocycles. The quantitative estimate of drug-likeness (QED) is 0.133. The van der Waals surface area contributed by atoms with Crippen molar-refractivity contribution in [2.24, 2.45) is 0 Å². The van der Waals surface area contributed by atoms with Gasteiger partial charge in [-0.05, 0) is 129 Å². The van der Waals surface area contributed by atoms with Crippen molar-refractivity contribution in [1.82, 2.24) is 19.9 Å². The molecule has 56 heavy (non-hydrogen) atoms. The summed E-state index contributed by atoms with van der Waals surface area (Å²) in [4.78, 5) is 22.4. The van der Waals surface area contributed by atoms with Crippen molar-refractivity contribution in [2.75, 3.05) is 49.5 Å². The Morgan fingerprint density at radius 1 is 0.536 bits per heavy atom. The van der Waals surface area contributed by atoms with Gasteiger partial charge in [-0.15, -0.1) is 0 Å². The zero-order valence-electron chi connectivity index (χ0n) is 33.5. The molecule has 0 unspecified atom stereocenters. The average molecular weight is 737 g/mol. The molecular weight excluding hydrogens is 689 g/mol. The maximum absolute atomic E-state index is 6.17. The maximum atomic E-state index is 6.17. The van der Waals surface area contributed by atoms with Crippen molar-refractivity contribution >= 4 is 66.6 Å². The van der Waals surface area contributed by atoms with Crippen molar-refractivity contribution in [3.63, 3.8) is 0 Å². The lowest BCUT2D eigenvalue weighted by Crippen LogP contribution is -2.09. The van der Waals surface area contributed by atoms with Crippen LogP contribution in [0.5, 0.6) is 0 Å². The largest absolute Gasteiger partial charge is 0.382 e. The highest BCUT2D eigenvalue weighted by Gasteiger charge is 2.11. The number of aryl methyl sites for hydroxylation is 6. The number of anilines is 4. The number of hydrogen-bond acceptors (Lipinski definition) is 8. The first kappa shape index (κ1) is 37.6. The van der Waals surface area contributed by atoms with Crippen LogP contribution >= 0.6 is 0 Å². The van der Waals surface area contributed by atoms with E-state index in [2.05, 4.69) is 155 Å². The van der Waals surface area contributed by atoms with Gasteiger partial charge in [-0.25, -0.2) is 9.97 Å². The van der Waals surface area contributed by atoms with E-state index in [9.17, 15) is 0 Å². The van der Waals surface area contributed by atoms with E-state index >= 15 is 0 Å². The van der Waals surface area contributed by atoms with Crippen LogP contribution in [0.1, 0.15) is 44.5 Å². The summed E-state index contributed by atoms with van der Waals surface area (Å²) in [6.07, 6.45) is 5.63. The molecule has 0 bridgehead atoms. The molecule has 0 spiro atoms. The summed E-state index contributed by atoms with van der Waals surface area (Å²) in [5.41, 5.74) is 27.3. The van der Waals surface area contributed by atoms with E-state index < -0.39 is 0 Å². The summed E-state index contributed by atoms with van der Waals surface area (Å²) in [5, 5.41) is 4.21. The minimum Gasteiger partial charge on any atom is -0.382 e. The Kier molecular flexibility index (Phi) is 10.4. The van der Waals surface area contributed by atoms with Crippen molar-refractivity contribution in [2.45, 2.75) is 40.5 Å². The minimum atomic E-state index is 0.447. The van der Waals surface area contributed by atoms with Gasteiger partial charge in [-0.3, -0.25) is 9.97 Å². The van der Waals surface area contributed by atoms with E-state index in [1.54, 1.807) is 6.20 Å². The Hall–Kier alpha value is -6.72. The van der Waals surface area contributed by atoms with Crippen LogP contribution in [0.2, 0.25) is 0 Å². The Morgan fingerprint density at radius 3 is 1.66 bits per heavy atom. The van der Waals surface area contributed by atoms with Gasteiger partial charge in [0, 0.05) is 84.6 Å². The van der Waals surface area contributed by atoms with Crippen LogP contribution in [0.4, 0.5) is 23.0 Å². The van der Waals surface area contributed by atoms with Crippen molar-refractivity contribution in [1.29, 1.82) is 0 Å². The first-order chi connectivity index (χ1) is 26.8. The number of hydrogen-bond donors (Lipinski definition) is 2. The van der Waals surface area contributed by atoms with Gasteiger partial charge in [0.05, 0.1) is 11.0 Å². The standard InChI is InChI=1S/C24H26N4.C24H22N4/c2*1-15-5-10-20-21-13-17(14-26-23(21)24(25)27-22(20)11-15)6-7-18-8-9-19(28(3)4)12-16(18)2/h5,8-14H,6-7H2,1-4H3,(H2,25,27);5,8-14H,1-4H3,(H2,25,27). The fourth-order valence-corrected chi connectivity index (χ4v) is 7.01. The van der Waals surface area contributed by atoms with Gasteiger partial charge in [0.1, 0.15) is 11.0 Å². The zero-order valence-corrected chi connectivity index (χ0v) is 33.5. The van der Waals surface area contributed by atoms with E-state index in [4.69, 9.17) is 11.5 Å². The Morgan fingerprint density at radius 2 is 1.09 bits per heavy atom. The molecule has 0 saturated carbocycles. The fourth-order valence-electron chi connectivity index (χ4n) is 7.01. The number of nitrogens with zero attached hydrogens (tertiary/aromatic N) is 6. The number of rotatable bonds is 5. The summed E-state index contributed by atoms with van der Waals surface area (Å²) in [6.45, 7) is 8.38. The number of pyridine rings is 4. The van der Waals surface area contributed by atoms with Crippen molar-refractivity contribution in [3.8, 4) is 11.8 Å². The van der Waals surface area contributed by atoms with Crippen molar-refractivity contribution < 1.29 is 0 Å². The summed E-state index contributed by atoms with van der Waals surface area (Å²) >= 11 is 0. The molecule has 8 aromatic rings. The Labute approximate surface area is 329 Å². The molecule has 4 aromatic heterocycles. The maximum Gasteiger partial charge on any atom is 0.150 e. The van der Waals surface area contributed by atoms with Gasteiger partial charge in [0.15, 0.2) is 11.6 Å². The zero-order chi connectivity index (χ0) is 39.7. The second-order valence-electron chi connectivity index (χ2n) is 15.0. The molecular formula is C48H48N8. The second-order valence-corrected chi connectivity index (χ2v) is 15.0. The summed E-state index contributed by atoms with van der Waals surface area (Å²) in [6, 6.07) is 29.7. The number of nitrogen functional groups attached to an aromatic ring is 2. The summed E-state index contributed by atoms with van der Waals surface area (Å²) in [7, 11) is 8.21. The molecule has 4 heterocycles. The number of fused-ring (bicyclic) bond motifs is 6. The first-order valence-corrected chi connectivity index (χ1v) is 18.8. The van der Waals surface area contributed by atoms with Crippen molar-refractivity contribution in [3.05, 3.63) is 142 Å². The highest BCUT2D eigenvalue weighted by atomic mass is 15.1. The van der Waals surface area contributed by atoms with E-state index in [1.165, 1.54) is 33.6 Å². The number of nitrogens with two attached hydrogens (primary N) is 2.